The molecule has 1 aromatic carbocycles. The van der Waals surface area contributed by atoms with Crippen molar-refractivity contribution in [2.24, 2.45) is 5.92 Å². The zero-order valence-electron chi connectivity index (χ0n) is 19.1. The summed E-state index contributed by atoms with van der Waals surface area (Å²) in [6.45, 7) is 5.65. The fourth-order valence-electron chi connectivity index (χ4n) is 4.79. The van der Waals surface area contributed by atoms with E-state index in [1.54, 1.807) is 12.3 Å². The molecule has 2 fully saturated rings. The minimum absolute atomic E-state index is 0.246. The summed E-state index contributed by atoms with van der Waals surface area (Å²) < 4.78 is 22.3. The molecule has 3 aromatic rings. The van der Waals surface area contributed by atoms with Gasteiger partial charge in [-0.3, -0.25) is 4.57 Å². The quantitative estimate of drug-likeness (QED) is 0.473. The predicted molar refractivity (Wildman–Crippen MR) is 129 cm³/mol. The average Bonchev–Trinajstić information content (AvgIpc) is 3.16. The number of fused-ring (bicyclic) bond motifs is 1. The number of halogens is 2. The van der Waals surface area contributed by atoms with Crippen LogP contribution in [0.1, 0.15) is 57.1 Å². The molecule has 2 aromatic heterocycles. The Hall–Kier alpha value is -2.45. The Kier molecular flexibility index (Phi) is 6.38. The second-order valence-corrected chi connectivity index (χ2v) is 9.77. The fraction of sp³-hybridized carbons (Fsp3) is 0.542. The predicted octanol–water partition coefficient (Wildman–Crippen LogP) is 6.01. The summed E-state index contributed by atoms with van der Waals surface area (Å²) in [7, 11) is 0. The van der Waals surface area contributed by atoms with Crippen LogP contribution in [0.5, 0.6) is 0 Å². The second-order valence-electron chi connectivity index (χ2n) is 9.36. The Bertz CT molecular complexity index is 1140. The van der Waals surface area contributed by atoms with Crippen LogP contribution < -0.4 is 10.6 Å². The molecule has 0 unspecified atom stereocenters. The number of aromatic nitrogens is 4. The molecule has 1 aliphatic carbocycles. The molecule has 33 heavy (non-hydrogen) atoms. The molecule has 3 heterocycles. The molecule has 2 N–H and O–H groups in total. The maximum Gasteiger partial charge on any atom is 0.224 e. The molecule has 1 saturated carbocycles. The minimum atomic E-state index is -0.408. The summed E-state index contributed by atoms with van der Waals surface area (Å²) in [5, 5.41) is 7.08. The van der Waals surface area contributed by atoms with Crippen LogP contribution in [0.3, 0.4) is 0 Å². The minimum Gasteiger partial charge on any atom is -0.381 e. The van der Waals surface area contributed by atoms with E-state index in [2.05, 4.69) is 27.1 Å². The van der Waals surface area contributed by atoms with E-state index in [0.717, 1.165) is 62.9 Å². The fourth-order valence-corrected chi connectivity index (χ4v) is 4.94. The van der Waals surface area contributed by atoms with Gasteiger partial charge in [0.15, 0.2) is 5.65 Å². The third-order valence-corrected chi connectivity index (χ3v) is 7.24. The number of anilines is 3. The lowest BCUT2D eigenvalue weighted by Gasteiger charge is -2.29. The van der Waals surface area contributed by atoms with E-state index >= 15 is 0 Å². The molecule has 2 aliphatic rings. The monoisotopic (exact) mass is 472 g/mol. The van der Waals surface area contributed by atoms with Crippen LogP contribution in [0.2, 0.25) is 5.02 Å². The van der Waals surface area contributed by atoms with E-state index in [1.165, 1.54) is 6.07 Å². The number of nitrogens with zero attached hydrogens (tertiary/aromatic N) is 4. The van der Waals surface area contributed by atoms with E-state index in [1.807, 2.05) is 6.92 Å². The largest absolute Gasteiger partial charge is 0.381 e. The van der Waals surface area contributed by atoms with Crippen LogP contribution in [-0.2, 0) is 4.74 Å². The Morgan fingerprint density at radius 2 is 1.85 bits per heavy atom. The summed E-state index contributed by atoms with van der Waals surface area (Å²) in [5.41, 5.74) is 2.62. The van der Waals surface area contributed by atoms with Crippen molar-refractivity contribution in [3.63, 3.8) is 0 Å². The molecule has 1 aliphatic heterocycles. The van der Waals surface area contributed by atoms with Crippen LogP contribution >= 0.6 is 11.6 Å². The van der Waals surface area contributed by atoms with E-state index in [4.69, 9.17) is 26.3 Å². The number of ether oxygens (including phenoxy) is 1. The van der Waals surface area contributed by atoms with E-state index in [-0.39, 0.29) is 6.04 Å². The SMILES string of the molecule is Cc1cc(Nc2nc3cnc(NC4CCOCC4)nc3n2C2CCC(C)CC2)c(F)cc1Cl. The Balaban J connectivity index is 1.53. The number of nitrogens with one attached hydrogen (secondary N) is 2. The molecule has 0 atom stereocenters. The molecule has 5 rings (SSSR count). The highest BCUT2D eigenvalue weighted by Crippen LogP contribution is 2.37. The summed E-state index contributed by atoms with van der Waals surface area (Å²) in [5.74, 6) is 1.49. The van der Waals surface area contributed by atoms with Crippen molar-refractivity contribution in [3.8, 4) is 0 Å². The molecule has 176 valence electrons. The highest BCUT2D eigenvalue weighted by atomic mass is 35.5. The van der Waals surface area contributed by atoms with Gasteiger partial charge < -0.3 is 15.4 Å². The lowest BCUT2D eigenvalue weighted by molar-refractivity contribution is 0.0903. The topological polar surface area (TPSA) is 76.9 Å². The van der Waals surface area contributed by atoms with Gasteiger partial charge in [-0.15, -0.1) is 0 Å². The van der Waals surface area contributed by atoms with Crippen molar-refractivity contribution >= 4 is 40.3 Å². The molecule has 0 spiro atoms. The van der Waals surface area contributed by atoms with Crippen LogP contribution in [0.25, 0.3) is 11.2 Å². The van der Waals surface area contributed by atoms with Gasteiger partial charge >= 0.3 is 0 Å². The first-order valence-electron chi connectivity index (χ1n) is 11.8. The van der Waals surface area contributed by atoms with Gasteiger partial charge in [-0.05, 0) is 69.1 Å². The van der Waals surface area contributed by atoms with E-state index in [9.17, 15) is 4.39 Å². The molecular formula is C24H30ClFN6O. The number of hydrogen-bond donors (Lipinski definition) is 2. The molecule has 1 saturated heterocycles. The third-order valence-electron chi connectivity index (χ3n) is 6.83. The lowest BCUT2D eigenvalue weighted by atomic mass is 9.87. The highest BCUT2D eigenvalue weighted by molar-refractivity contribution is 6.31. The van der Waals surface area contributed by atoms with Crippen molar-refractivity contribution in [1.82, 2.24) is 19.5 Å². The summed E-state index contributed by atoms with van der Waals surface area (Å²) >= 11 is 6.10. The van der Waals surface area contributed by atoms with Crippen LogP contribution in [0, 0.1) is 18.7 Å². The van der Waals surface area contributed by atoms with Gasteiger partial charge in [-0.1, -0.05) is 18.5 Å². The van der Waals surface area contributed by atoms with Gasteiger partial charge in [0.2, 0.25) is 11.9 Å². The summed E-state index contributed by atoms with van der Waals surface area (Å²) in [4.78, 5) is 14.1. The van der Waals surface area contributed by atoms with E-state index < -0.39 is 5.82 Å². The van der Waals surface area contributed by atoms with Crippen molar-refractivity contribution in [1.29, 1.82) is 0 Å². The van der Waals surface area contributed by atoms with E-state index in [0.29, 0.717) is 40.1 Å². The number of benzene rings is 1. The highest BCUT2D eigenvalue weighted by Gasteiger charge is 2.26. The van der Waals surface area contributed by atoms with Crippen molar-refractivity contribution in [2.75, 3.05) is 23.8 Å². The Morgan fingerprint density at radius 1 is 1.09 bits per heavy atom. The molecular weight excluding hydrogens is 443 g/mol. The zero-order valence-corrected chi connectivity index (χ0v) is 19.8. The zero-order chi connectivity index (χ0) is 22.9. The van der Waals surface area contributed by atoms with Crippen LogP contribution in [-0.4, -0.2) is 38.8 Å². The first kappa shape index (κ1) is 22.3. The maximum absolute atomic E-state index is 14.7. The first-order chi connectivity index (χ1) is 16.0. The number of aryl methyl sites for hydroxylation is 1. The normalized spacial score (nSPS) is 21.9. The number of hydrogen-bond acceptors (Lipinski definition) is 6. The van der Waals surface area contributed by atoms with Gasteiger partial charge in [0.25, 0.3) is 0 Å². The maximum atomic E-state index is 14.7. The smallest absolute Gasteiger partial charge is 0.224 e. The molecule has 0 amide bonds. The Labute approximate surface area is 198 Å². The van der Waals surface area contributed by atoms with Gasteiger partial charge in [0, 0.05) is 30.3 Å². The molecule has 0 radical (unpaired) electrons. The summed E-state index contributed by atoms with van der Waals surface area (Å²) in [6.07, 6.45) is 7.99. The van der Waals surface area contributed by atoms with Crippen molar-refractivity contribution < 1.29 is 9.13 Å². The molecule has 9 heteroatoms. The van der Waals surface area contributed by atoms with Crippen molar-refractivity contribution in [3.05, 3.63) is 34.7 Å². The number of rotatable bonds is 5. The van der Waals surface area contributed by atoms with Gasteiger partial charge in [-0.2, -0.15) is 4.98 Å². The standard InChI is InChI=1S/C24H30ClFN6O/c1-14-3-5-17(6-4-14)32-22-21(13-27-23(31-22)28-16-7-9-33-10-8-16)30-24(32)29-20-11-15(2)18(25)12-19(20)26/h11-14,16-17H,3-10H2,1-2H3,(H,29,30)(H,27,28,31). The van der Waals surface area contributed by atoms with Crippen LogP contribution in [0.15, 0.2) is 18.3 Å². The van der Waals surface area contributed by atoms with Crippen LogP contribution in [0.4, 0.5) is 22.0 Å². The molecule has 0 bridgehead atoms. The number of imidazole rings is 1. The second kappa shape index (κ2) is 9.43. The van der Waals surface area contributed by atoms with Gasteiger partial charge in [0.05, 0.1) is 11.9 Å². The third kappa shape index (κ3) is 4.77. The molecule has 7 nitrogen and oxygen atoms in total. The lowest BCUT2D eigenvalue weighted by Crippen LogP contribution is -2.28. The van der Waals surface area contributed by atoms with Gasteiger partial charge in [0.1, 0.15) is 11.3 Å². The first-order valence-corrected chi connectivity index (χ1v) is 12.2. The Morgan fingerprint density at radius 3 is 2.61 bits per heavy atom. The average molecular weight is 473 g/mol. The van der Waals surface area contributed by atoms with Crippen molar-refractivity contribution in [2.45, 2.75) is 64.5 Å². The summed E-state index contributed by atoms with van der Waals surface area (Å²) in [6, 6.07) is 3.60. The van der Waals surface area contributed by atoms with Gasteiger partial charge in [-0.25, -0.2) is 14.4 Å².